The van der Waals surface area contributed by atoms with Gasteiger partial charge in [0.1, 0.15) is 0 Å². The standard InChI is InChI=1S/C18H18N2O3/c1-12(14-7-4-3-5-8-14)19-17(22)18(23)20-16-10-6-9-15(11-16)13(2)21/h3-12H,1-2H3,(H,19,22)(H,20,23). The monoisotopic (exact) mass is 310 g/mol. The molecule has 5 heteroatoms. The Kier molecular flexibility index (Phi) is 5.25. The van der Waals surface area contributed by atoms with E-state index in [1.807, 2.05) is 30.3 Å². The van der Waals surface area contributed by atoms with Crippen LogP contribution in [0.2, 0.25) is 0 Å². The lowest BCUT2D eigenvalue weighted by molar-refractivity contribution is -0.136. The summed E-state index contributed by atoms with van der Waals surface area (Å²) in [6.07, 6.45) is 0. The summed E-state index contributed by atoms with van der Waals surface area (Å²) in [6, 6.07) is 15.5. The van der Waals surface area contributed by atoms with Gasteiger partial charge in [0.15, 0.2) is 5.78 Å². The van der Waals surface area contributed by atoms with Crippen molar-refractivity contribution in [2.45, 2.75) is 19.9 Å². The van der Waals surface area contributed by atoms with Crippen molar-refractivity contribution in [3.05, 3.63) is 65.7 Å². The van der Waals surface area contributed by atoms with E-state index in [1.54, 1.807) is 25.1 Å². The van der Waals surface area contributed by atoms with Gasteiger partial charge in [0.2, 0.25) is 0 Å². The third kappa shape index (κ3) is 4.51. The zero-order valence-corrected chi connectivity index (χ0v) is 13.0. The lowest BCUT2D eigenvalue weighted by atomic mass is 10.1. The van der Waals surface area contributed by atoms with Gasteiger partial charge in [-0.3, -0.25) is 14.4 Å². The first kappa shape index (κ1) is 16.4. The average molecular weight is 310 g/mol. The third-order valence-corrected chi connectivity index (χ3v) is 3.38. The summed E-state index contributed by atoms with van der Waals surface area (Å²) in [5.74, 6) is -1.61. The number of amides is 2. The van der Waals surface area contributed by atoms with Crippen LogP contribution < -0.4 is 10.6 Å². The molecule has 2 amide bonds. The highest BCUT2D eigenvalue weighted by Gasteiger charge is 2.17. The van der Waals surface area contributed by atoms with Crippen molar-refractivity contribution >= 4 is 23.3 Å². The summed E-state index contributed by atoms with van der Waals surface area (Å²) >= 11 is 0. The number of Topliss-reactive ketones (excluding diaryl/α,β-unsaturated/α-hetero) is 1. The highest BCUT2D eigenvalue weighted by molar-refractivity contribution is 6.39. The highest BCUT2D eigenvalue weighted by Crippen LogP contribution is 2.13. The number of carbonyl (C=O) groups is 3. The van der Waals surface area contributed by atoms with Gasteiger partial charge < -0.3 is 10.6 Å². The molecule has 0 fully saturated rings. The second-order valence-electron chi connectivity index (χ2n) is 5.20. The molecule has 0 saturated heterocycles. The first-order valence-corrected chi connectivity index (χ1v) is 7.25. The van der Waals surface area contributed by atoms with Crippen LogP contribution in [0.4, 0.5) is 5.69 Å². The molecule has 2 rings (SSSR count). The Labute approximate surface area is 134 Å². The fraction of sp³-hybridized carbons (Fsp3) is 0.167. The molecule has 0 aliphatic heterocycles. The van der Waals surface area contributed by atoms with Crippen molar-refractivity contribution in [3.63, 3.8) is 0 Å². The van der Waals surface area contributed by atoms with E-state index in [2.05, 4.69) is 10.6 Å². The van der Waals surface area contributed by atoms with Crippen LogP contribution in [0.25, 0.3) is 0 Å². The number of ketones is 1. The molecule has 0 aliphatic rings. The van der Waals surface area contributed by atoms with Crippen LogP contribution in [-0.4, -0.2) is 17.6 Å². The third-order valence-electron chi connectivity index (χ3n) is 3.38. The van der Waals surface area contributed by atoms with Crippen LogP contribution in [0, 0.1) is 0 Å². The van der Waals surface area contributed by atoms with Gasteiger partial charge in [0, 0.05) is 11.3 Å². The van der Waals surface area contributed by atoms with Gasteiger partial charge in [-0.05, 0) is 31.5 Å². The Bertz CT molecular complexity index is 726. The Balaban J connectivity index is 1.99. The number of anilines is 1. The van der Waals surface area contributed by atoms with Gasteiger partial charge in [0.05, 0.1) is 6.04 Å². The highest BCUT2D eigenvalue weighted by atomic mass is 16.2. The Morgan fingerprint density at radius 3 is 2.26 bits per heavy atom. The van der Waals surface area contributed by atoms with Crippen molar-refractivity contribution in [3.8, 4) is 0 Å². The van der Waals surface area contributed by atoms with Crippen molar-refractivity contribution in [1.82, 2.24) is 5.32 Å². The van der Waals surface area contributed by atoms with Gasteiger partial charge in [-0.1, -0.05) is 42.5 Å². The van der Waals surface area contributed by atoms with Gasteiger partial charge in [-0.25, -0.2) is 0 Å². The number of hydrogen-bond donors (Lipinski definition) is 2. The second kappa shape index (κ2) is 7.35. The van der Waals surface area contributed by atoms with Crippen LogP contribution >= 0.6 is 0 Å². The fourth-order valence-electron chi connectivity index (χ4n) is 2.09. The molecule has 0 bridgehead atoms. The van der Waals surface area contributed by atoms with E-state index < -0.39 is 11.8 Å². The molecule has 2 aromatic rings. The van der Waals surface area contributed by atoms with Crippen molar-refractivity contribution in [1.29, 1.82) is 0 Å². The lowest BCUT2D eigenvalue weighted by Gasteiger charge is -2.14. The number of rotatable bonds is 4. The van der Waals surface area contributed by atoms with E-state index in [0.29, 0.717) is 11.3 Å². The van der Waals surface area contributed by atoms with Gasteiger partial charge in [-0.15, -0.1) is 0 Å². The van der Waals surface area contributed by atoms with E-state index >= 15 is 0 Å². The predicted molar refractivity (Wildman–Crippen MR) is 88.1 cm³/mol. The van der Waals surface area contributed by atoms with Gasteiger partial charge in [0.25, 0.3) is 0 Å². The van der Waals surface area contributed by atoms with Crippen molar-refractivity contribution < 1.29 is 14.4 Å². The molecule has 0 radical (unpaired) electrons. The van der Waals surface area contributed by atoms with Crippen LogP contribution in [0.15, 0.2) is 54.6 Å². The van der Waals surface area contributed by atoms with Gasteiger partial charge >= 0.3 is 11.8 Å². The van der Waals surface area contributed by atoms with E-state index in [-0.39, 0.29) is 11.8 Å². The average Bonchev–Trinajstić information content (AvgIpc) is 2.55. The number of carbonyl (C=O) groups excluding carboxylic acids is 3. The molecule has 118 valence electrons. The Morgan fingerprint density at radius 1 is 0.913 bits per heavy atom. The molecular weight excluding hydrogens is 292 g/mol. The van der Waals surface area contributed by atoms with Crippen molar-refractivity contribution in [2.75, 3.05) is 5.32 Å². The summed E-state index contributed by atoms with van der Waals surface area (Å²) in [7, 11) is 0. The molecule has 0 aromatic heterocycles. The largest absolute Gasteiger partial charge is 0.341 e. The number of nitrogens with one attached hydrogen (secondary N) is 2. The smallest absolute Gasteiger partial charge is 0.313 e. The summed E-state index contributed by atoms with van der Waals surface area (Å²) in [6.45, 7) is 3.24. The predicted octanol–water partition coefficient (Wildman–Crippen LogP) is 2.71. The quantitative estimate of drug-likeness (QED) is 0.673. The van der Waals surface area contributed by atoms with Crippen LogP contribution in [-0.2, 0) is 9.59 Å². The van der Waals surface area contributed by atoms with Crippen molar-refractivity contribution in [2.24, 2.45) is 0 Å². The minimum Gasteiger partial charge on any atom is -0.341 e. The molecule has 23 heavy (non-hydrogen) atoms. The maximum absolute atomic E-state index is 12.0. The molecular formula is C18H18N2O3. The van der Waals surface area contributed by atoms with Gasteiger partial charge in [-0.2, -0.15) is 0 Å². The maximum atomic E-state index is 12.0. The minimum absolute atomic E-state index is 0.108. The van der Waals surface area contributed by atoms with E-state index in [9.17, 15) is 14.4 Å². The molecule has 5 nitrogen and oxygen atoms in total. The van der Waals surface area contributed by atoms with Crippen LogP contribution in [0.3, 0.4) is 0 Å². The summed E-state index contributed by atoms with van der Waals surface area (Å²) < 4.78 is 0. The van der Waals surface area contributed by atoms with Crippen LogP contribution in [0.1, 0.15) is 35.8 Å². The van der Waals surface area contributed by atoms with E-state index in [0.717, 1.165) is 5.56 Å². The minimum atomic E-state index is -0.770. The maximum Gasteiger partial charge on any atom is 0.313 e. The Hall–Kier alpha value is -2.95. The molecule has 2 N–H and O–H groups in total. The topological polar surface area (TPSA) is 75.3 Å². The number of benzene rings is 2. The zero-order valence-electron chi connectivity index (χ0n) is 13.0. The SMILES string of the molecule is CC(=O)c1cccc(NC(=O)C(=O)NC(C)c2ccccc2)c1. The zero-order chi connectivity index (χ0) is 16.8. The summed E-state index contributed by atoms with van der Waals surface area (Å²) in [5, 5.41) is 5.13. The second-order valence-corrected chi connectivity index (χ2v) is 5.20. The first-order chi connectivity index (χ1) is 11.0. The lowest BCUT2D eigenvalue weighted by Crippen LogP contribution is -2.36. The molecule has 0 spiro atoms. The first-order valence-electron chi connectivity index (χ1n) is 7.25. The Morgan fingerprint density at radius 2 is 1.61 bits per heavy atom. The van der Waals surface area contributed by atoms with E-state index in [4.69, 9.17) is 0 Å². The summed E-state index contributed by atoms with van der Waals surface area (Å²) in [4.78, 5) is 35.2. The van der Waals surface area contributed by atoms with Crippen LogP contribution in [0.5, 0.6) is 0 Å². The van der Waals surface area contributed by atoms with E-state index in [1.165, 1.54) is 13.0 Å². The molecule has 1 unspecified atom stereocenters. The molecule has 1 atom stereocenters. The molecule has 0 heterocycles. The summed E-state index contributed by atoms with van der Waals surface area (Å²) in [5.41, 5.74) is 1.79. The molecule has 0 aliphatic carbocycles. The normalized spacial score (nSPS) is 11.4. The fourth-order valence-corrected chi connectivity index (χ4v) is 2.09. The molecule has 2 aromatic carbocycles. The number of hydrogen-bond acceptors (Lipinski definition) is 3. The molecule has 0 saturated carbocycles.